The van der Waals surface area contributed by atoms with Crippen LogP contribution in [0.15, 0.2) is 22.7 Å². The zero-order valence-electron chi connectivity index (χ0n) is 8.13. The van der Waals surface area contributed by atoms with Gasteiger partial charge in [0.05, 0.1) is 4.47 Å². The third kappa shape index (κ3) is 2.96. The van der Waals surface area contributed by atoms with Crippen molar-refractivity contribution in [3.8, 4) is 5.75 Å². The van der Waals surface area contributed by atoms with Crippen LogP contribution in [0.3, 0.4) is 0 Å². The van der Waals surface area contributed by atoms with Crippen LogP contribution in [0.5, 0.6) is 5.75 Å². The maximum absolute atomic E-state index is 12.9. The maximum atomic E-state index is 12.9. The van der Waals surface area contributed by atoms with Crippen LogP contribution < -0.4 is 10.5 Å². The van der Waals surface area contributed by atoms with Gasteiger partial charge in [-0.25, -0.2) is 4.39 Å². The normalized spacial score (nSPS) is 14.9. The summed E-state index contributed by atoms with van der Waals surface area (Å²) in [4.78, 5) is 0. The summed E-state index contributed by atoms with van der Waals surface area (Å²) in [6.45, 7) is 3.69. The van der Waals surface area contributed by atoms with E-state index in [1.807, 2.05) is 13.8 Å². The van der Waals surface area contributed by atoms with E-state index in [2.05, 4.69) is 15.9 Å². The molecular formula is C10H13BrFNO. The van der Waals surface area contributed by atoms with Gasteiger partial charge in [-0.1, -0.05) is 0 Å². The van der Waals surface area contributed by atoms with Crippen LogP contribution >= 0.6 is 15.9 Å². The Kier molecular flexibility index (Phi) is 3.89. The Labute approximate surface area is 91.4 Å². The van der Waals surface area contributed by atoms with Gasteiger partial charge in [0.15, 0.2) is 0 Å². The molecule has 0 fully saturated rings. The summed E-state index contributed by atoms with van der Waals surface area (Å²) in [7, 11) is 0. The Morgan fingerprint density at radius 3 is 2.64 bits per heavy atom. The summed E-state index contributed by atoms with van der Waals surface area (Å²) in [6.07, 6.45) is -0.145. The molecule has 0 saturated carbocycles. The van der Waals surface area contributed by atoms with E-state index in [1.165, 1.54) is 12.1 Å². The van der Waals surface area contributed by atoms with Gasteiger partial charge < -0.3 is 10.5 Å². The van der Waals surface area contributed by atoms with Crippen LogP contribution in [0.25, 0.3) is 0 Å². The molecule has 78 valence electrons. The van der Waals surface area contributed by atoms with E-state index in [4.69, 9.17) is 10.5 Å². The number of benzene rings is 1. The summed E-state index contributed by atoms with van der Waals surface area (Å²) in [6, 6.07) is 4.22. The lowest BCUT2D eigenvalue weighted by atomic mass is 10.2. The van der Waals surface area contributed by atoms with E-state index in [0.717, 1.165) is 4.47 Å². The Morgan fingerprint density at radius 2 is 2.07 bits per heavy atom. The van der Waals surface area contributed by atoms with Gasteiger partial charge in [-0.05, 0) is 41.9 Å². The van der Waals surface area contributed by atoms with Crippen molar-refractivity contribution < 1.29 is 9.13 Å². The molecule has 0 aromatic heterocycles. The number of hydrogen-bond donors (Lipinski definition) is 1. The summed E-state index contributed by atoms with van der Waals surface area (Å²) in [5.74, 6) is 0.162. The van der Waals surface area contributed by atoms with Gasteiger partial charge in [0, 0.05) is 12.1 Å². The molecule has 0 amide bonds. The molecule has 1 unspecified atom stereocenters. The molecule has 0 aliphatic rings. The number of hydrogen-bond acceptors (Lipinski definition) is 2. The van der Waals surface area contributed by atoms with Crippen molar-refractivity contribution in [2.75, 3.05) is 0 Å². The van der Waals surface area contributed by atoms with Gasteiger partial charge in [0.25, 0.3) is 0 Å². The third-order valence-corrected chi connectivity index (χ3v) is 2.60. The Hall–Kier alpha value is -0.610. The first-order valence-electron chi connectivity index (χ1n) is 4.38. The molecule has 0 heterocycles. The highest BCUT2D eigenvalue weighted by atomic mass is 79.9. The lowest BCUT2D eigenvalue weighted by molar-refractivity contribution is 0.194. The first-order chi connectivity index (χ1) is 6.50. The molecule has 0 saturated heterocycles. The van der Waals surface area contributed by atoms with Crippen molar-refractivity contribution in [2.24, 2.45) is 5.73 Å². The van der Waals surface area contributed by atoms with Crippen LogP contribution in [0.4, 0.5) is 4.39 Å². The summed E-state index contributed by atoms with van der Waals surface area (Å²) >= 11 is 3.28. The van der Waals surface area contributed by atoms with E-state index in [1.54, 1.807) is 6.07 Å². The maximum Gasteiger partial charge on any atom is 0.136 e. The van der Waals surface area contributed by atoms with E-state index >= 15 is 0 Å². The van der Waals surface area contributed by atoms with Crippen LogP contribution in [0, 0.1) is 5.82 Å². The van der Waals surface area contributed by atoms with E-state index in [0.29, 0.717) is 5.75 Å². The Balaban J connectivity index is 2.80. The van der Waals surface area contributed by atoms with Crippen LogP contribution in [-0.4, -0.2) is 12.1 Å². The average Bonchev–Trinajstić information content (AvgIpc) is 2.11. The fourth-order valence-corrected chi connectivity index (χ4v) is 1.22. The monoisotopic (exact) mass is 261 g/mol. The number of rotatable bonds is 3. The molecule has 1 aromatic rings. The Morgan fingerprint density at radius 1 is 1.43 bits per heavy atom. The number of nitrogens with two attached hydrogens (primary N) is 1. The lowest BCUT2D eigenvalue weighted by Crippen LogP contribution is -2.33. The van der Waals surface area contributed by atoms with Crippen molar-refractivity contribution in [3.63, 3.8) is 0 Å². The minimum absolute atomic E-state index is 0.0924. The smallest absolute Gasteiger partial charge is 0.136 e. The molecule has 0 radical (unpaired) electrons. The molecule has 0 aliphatic carbocycles. The molecule has 0 bridgehead atoms. The molecule has 2 nitrogen and oxygen atoms in total. The minimum atomic E-state index is -0.319. The minimum Gasteiger partial charge on any atom is -0.488 e. The SMILES string of the molecule is CC(Oc1cc(F)ccc1Br)[C@H](C)N. The highest BCUT2D eigenvalue weighted by molar-refractivity contribution is 9.10. The summed E-state index contributed by atoms with van der Waals surface area (Å²) < 4.78 is 19.1. The van der Waals surface area contributed by atoms with Crippen molar-refractivity contribution in [3.05, 3.63) is 28.5 Å². The molecular weight excluding hydrogens is 249 g/mol. The molecule has 2 atom stereocenters. The zero-order valence-corrected chi connectivity index (χ0v) is 9.71. The van der Waals surface area contributed by atoms with E-state index < -0.39 is 0 Å². The first kappa shape index (κ1) is 11.5. The van der Waals surface area contributed by atoms with Crippen LogP contribution in [0.2, 0.25) is 0 Å². The molecule has 1 aromatic carbocycles. The van der Waals surface area contributed by atoms with Crippen molar-refractivity contribution in [1.82, 2.24) is 0 Å². The predicted molar refractivity (Wildman–Crippen MR) is 57.8 cm³/mol. The quantitative estimate of drug-likeness (QED) is 0.908. The summed E-state index contributed by atoms with van der Waals surface area (Å²) in [5.41, 5.74) is 5.64. The molecule has 2 N–H and O–H groups in total. The third-order valence-electron chi connectivity index (χ3n) is 1.95. The molecule has 0 aliphatic heterocycles. The van der Waals surface area contributed by atoms with Crippen molar-refractivity contribution >= 4 is 15.9 Å². The zero-order chi connectivity index (χ0) is 10.7. The average molecular weight is 262 g/mol. The van der Waals surface area contributed by atoms with E-state index in [9.17, 15) is 4.39 Å². The topological polar surface area (TPSA) is 35.2 Å². The second-order valence-electron chi connectivity index (χ2n) is 3.26. The fourth-order valence-electron chi connectivity index (χ4n) is 0.875. The van der Waals surface area contributed by atoms with Crippen molar-refractivity contribution in [2.45, 2.75) is 26.0 Å². The van der Waals surface area contributed by atoms with Gasteiger partial charge >= 0.3 is 0 Å². The lowest BCUT2D eigenvalue weighted by Gasteiger charge is -2.18. The molecule has 0 spiro atoms. The van der Waals surface area contributed by atoms with Gasteiger partial charge in [-0.15, -0.1) is 0 Å². The standard InChI is InChI=1S/C10H13BrFNO/c1-6(13)7(2)14-10-5-8(12)3-4-9(10)11/h3-7H,13H2,1-2H3/t6-,7?/m0/s1. The molecule has 1 rings (SSSR count). The van der Waals surface area contributed by atoms with E-state index in [-0.39, 0.29) is 18.0 Å². The predicted octanol–water partition coefficient (Wildman–Crippen LogP) is 2.70. The number of ether oxygens (including phenoxy) is 1. The van der Waals surface area contributed by atoms with Gasteiger partial charge in [-0.2, -0.15) is 0 Å². The second kappa shape index (κ2) is 4.75. The van der Waals surface area contributed by atoms with Gasteiger partial charge in [0.2, 0.25) is 0 Å². The van der Waals surface area contributed by atoms with Crippen LogP contribution in [0.1, 0.15) is 13.8 Å². The fraction of sp³-hybridized carbons (Fsp3) is 0.400. The second-order valence-corrected chi connectivity index (χ2v) is 4.11. The highest BCUT2D eigenvalue weighted by Crippen LogP contribution is 2.26. The number of halogens is 2. The first-order valence-corrected chi connectivity index (χ1v) is 5.17. The van der Waals surface area contributed by atoms with Crippen molar-refractivity contribution in [1.29, 1.82) is 0 Å². The van der Waals surface area contributed by atoms with Gasteiger partial charge in [0.1, 0.15) is 17.7 Å². The highest BCUT2D eigenvalue weighted by Gasteiger charge is 2.11. The molecule has 4 heteroatoms. The Bertz CT molecular complexity index is 317. The van der Waals surface area contributed by atoms with Crippen LogP contribution in [-0.2, 0) is 0 Å². The van der Waals surface area contributed by atoms with Gasteiger partial charge in [-0.3, -0.25) is 0 Å². The molecule has 14 heavy (non-hydrogen) atoms. The summed E-state index contributed by atoms with van der Waals surface area (Å²) in [5, 5.41) is 0. The largest absolute Gasteiger partial charge is 0.488 e.